The van der Waals surface area contributed by atoms with Crippen molar-refractivity contribution < 1.29 is 4.79 Å². The molecule has 0 bridgehead atoms. The fourth-order valence-corrected chi connectivity index (χ4v) is 3.25. The Hall–Kier alpha value is -1.67. The van der Waals surface area contributed by atoms with Crippen LogP contribution in [0.4, 0.5) is 0 Å². The third-order valence-electron chi connectivity index (χ3n) is 3.81. The second kappa shape index (κ2) is 5.76. The number of fused-ring (bicyclic) bond motifs is 1. The molecule has 1 nitrogen and oxygen atoms in total. The van der Waals surface area contributed by atoms with Crippen LogP contribution in [0.25, 0.3) is 6.08 Å². The van der Waals surface area contributed by atoms with Gasteiger partial charge >= 0.3 is 0 Å². The predicted molar refractivity (Wildman–Crippen MR) is 85.7 cm³/mol. The van der Waals surface area contributed by atoms with Gasteiger partial charge in [0.25, 0.3) is 0 Å². The number of halogens is 1. The minimum Gasteiger partial charge on any atom is -0.302 e. The van der Waals surface area contributed by atoms with E-state index in [4.69, 9.17) is 0 Å². The van der Waals surface area contributed by atoms with Crippen LogP contribution in [0.3, 0.4) is 0 Å². The van der Waals surface area contributed by atoms with Crippen LogP contribution in [0.2, 0.25) is 0 Å². The molecule has 2 aromatic rings. The van der Waals surface area contributed by atoms with E-state index in [1.54, 1.807) is 0 Å². The largest absolute Gasteiger partial charge is 0.302 e. The summed E-state index contributed by atoms with van der Waals surface area (Å²) in [6, 6.07) is 16.4. The lowest BCUT2D eigenvalue weighted by Gasteiger charge is -2.24. The van der Waals surface area contributed by atoms with E-state index in [1.165, 1.54) is 11.1 Å². The zero-order valence-corrected chi connectivity index (χ0v) is 12.6. The van der Waals surface area contributed by atoms with Gasteiger partial charge in [0.2, 0.25) is 0 Å². The van der Waals surface area contributed by atoms with Crippen LogP contribution in [0.15, 0.2) is 58.6 Å². The standard InChI is InChI=1S/C18H15BrO/c19-16-6-3-4-13(11-16)10-15-9-8-14-5-1-2-7-17(14)18(15)12-20/h1-7,10-12,18H,8-9H2/b15-10+. The molecule has 1 aliphatic rings. The van der Waals surface area contributed by atoms with Crippen LogP contribution >= 0.6 is 15.9 Å². The van der Waals surface area contributed by atoms with Gasteiger partial charge in [0.15, 0.2) is 0 Å². The average molecular weight is 327 g/mol. The highest BCUT2D eigenvalue weighted by atomic mass is 79.9. The molecule has 0 N–H and O–H groups in total. The molecule has 100 valence electrons. The normalized spacial score (nSPS) is 19.6. The molecule has 3 rings (SSSR count). The molecule has 0 radical (unpaired) electrons. The van der Waals surface area contributed by atoms with Gasteiger partial charge < -0.3 is 4.79 Å². The van der Waals surface area contributed by atoms with Crippen LogP contribution in [0.5, 0.6) is 0 Å². The number of aryl methyl sites for hydroxylation is 1. The van der Waals surface area contributed by atoms with Gasteiger partial charge in [0.05, 0.1) is 5.92 Å². The Morgan fingerprint density at radius 1 is 1.05 bits per heavy atom. The number of rotatable bonds is 2. The van der Waals surface area contributed by atoms with E-state index in [9.17, 15) is 4.79 Å². The van der Waals surface area contributed by atoms with Crippen LogP contribution in [-0.4, -0.2) is 6.29 Å². The summed E-state index contributed by atoms with van der Waals surface area (Å²) in [5, 5.41) is 0. The van der Waals surface area contributed by atoms with E-state index < -0.39 is 0 Å². The minimum absolute atomic E-state index is 0.0982. The fourth-order valence-electron chi connectivity index (χ4n) is 2.83. The number of hydrogen-bond donors (Lipinski definition) is 0. The number of allylic oxidation sites excluding steroid dienone is 1. The number of carbonyl (C=O) groups excluding carboxylic acids is 1. The smallest absolute Gasteiger partial charge is 0.131 e. The lowest BCUT2D eigenvalue weighted by Crippen LogP contribution is -2.13. The monoisotopic (exact) mass is 326 g/mol. The molecule has 0 fully saturated rings. The van der Waals surface area contributed by atoms with E-state index in [0.29, 0.717) is 0 Å². The molecule has 0 amide bonds. The van der Waals surface area contributed by atoms with E-state index in [-0.39, 0.29) is 5.92 Å². The van der Waals surface area contributed by atoms with Crippen molar-refractivity contribution in [3.8, 4) is 0 Å². The second-order valence-corrected chi connectivity index (χ2v) is 6.00. The second-order valence-electron chi connectivity index (χ2n) is 5.09. The van der Waals surface area contributed by atoms with Crippen molar-refractivity contribution in [1.82, 2.24) is 0 Å². The third kappa shape index (κ3) is 2.61. The number of hydrogen-bond acceptors (Lipinski definition) is 1. The first-order chi connectivity index (χ1) is 9.78. The van der Waals surface area contributed by atoms with Crippen LogP contribution < -0.4 is 0 Å². The lowest BCUT2D eigenvalue weighted by molar-refractivity contribution is -0.108. The Morgan fingerprint density at radius 2 is 1.90 bits per heavy atom. The van der Waals surface area contributed by atoms with E-state index in [1.807, 2.05) is 24.3 Å². The molecule has 0 aliphatic heterocycles. The van der Waals surface area contributed by atoms with Crippen molar-refractivity contribution in [2.75, 3.05) is 0 Å². The maximum atomic E-state index is 11.5. The minimum atomic E-state index is -0.0982. The van der Waals surface area contributed by atoms with Crippen molar-refractivity contribution in [3.63, 3.8) is 0 Å². The predicted octanol–water partition coefficient (Wildman–Crippen LogP) is 4.76. The van der Waals surface area contributed by atoms with Crippen LogP contribution in [0.1, 0.15) is 29.0 Å². The first-order valence-electron chi connectivity index (χ1n) is 6.77. The molecule has 0 heterocycles. The van der Waals surface area contributed by atoms with E-state index in [2.05, 4.69) is 46.3 Å². The average Bonchev–Trinajstić information content (AvgIpc) is 2.47. The van der Waals surface area contributed by atoms with Gasteiger partial charge in [0, 0.05) is 4.47 Å². The third-order valence-corrected chi connectivity index (χ3v) is 4.30. The summed E-state index contributed by atoms with van der Waals surface area (Å²) in [7, 11) is 0. The van der Waals surface area contributed by atoms with Crippen molar-refractivity contribution in [1.29, 1.82) is 0 Å². The maximum absolute atomic E-state index is 11.5. The Bertz CT molecular complexity index is 673. The topological polar surface area (TPSA) is 17.1 Å². The van der Waals surface area contributed by atoms with E-state index >= 15 is 0 Å². The molecule has 1 atom stereocenters. The Balaban J connectivity index is 2.01. The number of aldehydes is 1. The number of carbonyl (C=O) groups is 1. The van der Waals surface area contributed by atoms with Crippen LogP contribution in [0, 0.1) is 0 Å². The lowest BCUT2D eigenvalue weighted by atomic mass is 9.79. The fraction of sp³-hybridized carbons (Fsp3) is 0.167. The summed E-state index contributed by atoms with van der Waals surface area (Å²) >= 11 is 3.49. The quantitative estimate of drug-likeness (QED) is 0.727. The van der Waals surface area contributed by atoms with Crippen molar-refractivity contribution in [3.05, 3.63) is 75.3 Å². The summed E-state index contributed by atoms with van der Waals surface area (Å²) in [5.74, 6) is -0.0982. The first-order valence-corrected chi connectivity index (χ1v) is 7.56. The number of benzene rings is 2. The molecule has 1 aliphatic carbocycles. The highest BCUT2D eigenvalue weighted by Crippen LogP contribution is 2.35. The van der Waals surface area contributed by atoms with Gasteiger partial charge in [-0.15, -0.1) is 0 Å². The summed E-state index contributed by atoms with van der Waals surface area (Å²) in [4.78, 5) is 11.5. The highest BCUT2D eigenvalue weighted by molar-refractivity contribution is 9.10. The molecule has 0 spiro atoms. The molecule has 2 aromatic carbocycles. The van der Waals surface area contributed by atoms with Gasteiger partial charge in [-0.1, -0.05) is 64.0 Å². The van der Waals surface area contributed by atoms with Crippen molar-refractivity contribution in [2.45, 2.75) is 18.8 Å². The Morgan fingerprint density at radius 3 is 2.70 bits per heavy atom. The maximum Gasteiger partial charge on any atom is 0.131 e. The molecule has 2 heteroatoms. The first kappa shape index (κ1) is 13.3. The van der Waals surface area contributed by atoms with Crippen LogP contribution in [-0.2, 0) is 11.2 Å². The SMILES string of the molecule is O=CC1/C(=C/c2cccc(Br)c2)CCc2ccccc21. The summed E-state index contributed by atoms with van der Waals surface area (Å²) in [6.07, 6.45) is 5.19. The van der Waals surface area contributed by atoms with Gasteiger partial charge in [-0.2, -0.15) is 0 Å². The Kier molecular flexibility index (Phi) is 3.83. The highest BCUT2D eigenvalue weighted by Gasteiger charge is 2.23. The van der Waals surface area contributed by atoms with Gasteiger partial charge in [-0.25, -0.2) is 0 Å². The van der Waals surface area contributed by atoms with Gasteiger partial charge in [-0.05, 0) is 41.7 Å². The molecular weight excluding hydrogens is 312 g/mol. The molecule has 1 unspecified atom stereocenters. The van der Waals surface area contributed by atoms with Gasteiger partial charge in [-0.3, -0.25) is 0 Å². The van der Waals surface area contributed by atoms with Gasteiger partial charge in [0.1, 0.15) is 6.29 Å². The molecule has 20 heavy (non-hydrogen) atoms. The zero-order valence-electron chi connectivity index (χ0n) is 11.1. The van der Waals surface area contributed by atoms with Crippen molar-refractivity contribution >= 4 is 28.3 Å². The molecule has 0 aromatic heterocycles. The molecule has 0 saturated heterocycles. The summed E-state index contributed by atoms with van der Waals surface area (Å²) in [6.45, 7) is 0. The molecule has 0 saturated carbocycles. The summed E-state index contributed by atoms with van der Waals surface area (Å²) < 4.78 is 1.06. The van der Waals surface area contributed by atoms with E-state index in [0.717, 1.165) is 34.7 Å². The molecular formula is C18H15BrO. The van der Waals surface area contributed by atoms with Crippen molar-refractivity contribution in [2.24, 2.45) is 0 Å². The summed E-state index contributed by atoms with van der Waals surface area (Å²) in [5.41, 5.74) is 4.81. The Labute approximate surface area is 127 Å². The zero-order chi connectivity index (χ0) is 13.9.